The van der Waals surface area contributed by atoms with Crippen LogP contribution < -0.4 is 4.74 Å². The summed E-state index contributed by atoms with van der Waals surface area (Å²) in [6.45, 7) is 1.64. The van der Waals surface area contributed by atoms with Crippen LogP contribution in [-0.4, -0.2) is 12.2 Å². The number of aliphatic hydroxyl groups is 1. The highest BCUT2D eigenvalue weighted by molar-refractivity contribution is 9.10. The number of aryl methyl sites for hydroxylation is 1. The van der Waals surface area contributed by atoms with E-state index in [2.05, 4.69) is 15.9 Å². The molecule has 0 aromatic heterocycles. The Labute approximate surface area is 124 Å². The van der Waals surface area contributed by atoms with Gasteiger partial charge >= 0.3 is 0 Å². The lowest BCUT2D eigenvalue weighted by atomic mass is 9.99. The van der Waals surface area contributed by atoms with Crippen LogP contribution in [-0.2, 0) is 0 Å². The molecule has 2 aromatic rings. The molecule has 1 N–H and O–H groups in total. The summed E-state index contributed by atoms with van der Waals surface area (Å²) in [6.07, 6.45) is -1.10. The molecule has 0 amide bonds. The molecule has 0 heterocycles. The van der Waals surface area contributed by atoms with Crippen LogP contribution in [0.25, 0.3) is 0 Å². The monoisotopic (exact) mass is 342 g/mol. The van der Waals surface area contributed by atoms with Gasteiger partial charge in [0.25, 0.3) is 0 Å². The SMILES string of the molecule is COc1cc(F)c(Br)cc1C(O)c1ccc(C)c(F)c1. The number of ether oxygens (including phenoxy) is 1. The fourth-order valence-corrected chi connectivity index (χ4v) is 2.25. The number of methoxy groups -OCH3 is 1. The fourth-order valence-electron chi connectivity index (χ4n) is 1.89. The number of benzene rings is 2. The summed E-state index contributed by atoms with van der Waals surface area (Å²) in [5.41, 5.74) is 1.24. The Morgan fingerprint density at radius 3 is 2.45 bits per heavy atom. The highest BCUT2D eigenvalue weighted by atomic mass is 79.9. The van der Waals surface area contributed by atoms with E-state index in [1.165, 1.54) is 25.3 Å². The van der Waals surface area contributed by atoms with E-state index in [4.69, 9.17) is 4.74 Å². The minimum absolute atomic E-state index is 0.208. The summed E-state index contributed by atoms with van der Waals surface area (Å²) >= 11 is 3.06. The van der Waals surface area contributed by atoms with Gasteiger partial charge in [-0.25, -0.2) is 8.78 Å². The molecule has 5 heteroatoms. The van der Waals surface area contributed by atoms with Gasteiger partial charge in [0.05, 0.1) is 11.6 Å². The van der Waals surface area contributed by atoms with E-state index in [1.54, 1.807) is 19.1 Å². The van der Waals surface area contributed by atoms with Gasteiger partial charge in [-0.05, 0) is 46.1 Å². The van der Waals surface area contributed by atoms with E-state index in [-0.39, 0.29) is 10.2 Å². The second-order valence-corrected chi connectivity index (χ2v) is 5.27. The maximum atomic E-state index is 13.6. The Hall–Kier alpha value is -1.46. The zero-order chi connectivity index (χ0) is 14.9. The van der Waals surface area contributed by atoms with Crippen LogP contribution in [0.2, 0.25) is 0 Å². The molecule has 0 fully saturated rings. The molecule has 2 nitrogen and oxygen atoms in total. The molecule has 0 aliphatic rings. The van der Waals surface area contributed by atoms with Gasteiger partial charge in [0, 0.05) is 11.6 Å². The summed E-state index contributed by atoms with van der Waals surface area (Å²) in [5, 5.41) is 10.3. The molecule has 1 atom stereocenters. The van der Waals surface area contributed by atoms with Crippen LogP contribution in [0.3, 0.4) is 0 Å². The molecule has 2 rings (SSSR count). The lowest BCUT2D eigenvalue weighted by Gasteiger charge is -2.16. The third kappa shape index (κ3) is 2.83. The van der Waals surface area contributed by atoms with E-state index < -0.39 is 17.7 Å². The van der Waals surface area contributed by atoms with Crippen LogP contribution in [0.5, 0.6) is 5.75 Å². The van der Waals surface area contributed by atoms with E-state index in [9.17, 15) is 13.9 Å². The largest absolute Gasteiger partial charge is 0.496 e. The summed E-state index contributed by atoms with van der Waals surface area (Å²) < 4.78 is 32.3. The smallest absolute Gasteiger partial charge is 0.141 e. The Morgan fingerprint density at radius 1 is 1.15 bits per heavy atom. The first kappa shape index (κ1) is 14.9. The molecule has 2 aromatic carbocycles. The molecule has 1 unspecified atom stereocenters. The summed E-state index contributed by atoms with van der Waals surface area (Å²) in [6, 6.07) is 7.07. The number of halogens is 3. The van der Waals surface area contributed by atoms with Gasteiger partial charge < -0.3 is 9.84 Å². The highest BCUT2D eigenvalue weighted by Crippen LogP contribution is 2.34. The lowest BCUT2D eigenvalue weighted by Crippen LogP contribution is -2.04. The first-order chi connectivity index (χ1) is 9.43. The molecule has 0 aliphatic carbocycles. The van der Waals surface area contributed by atoms with Crippen molar-refractivity contribution in [1.29, 1.82) is 0 Å². The number of hydrogen-bond acceptors (Lipinski definition) is 2. The summed E-state index contributed by atoms with van der Waals surface area (Å²) in [4.78, 5) is 0. The molecule has 106 valence electrons. The maximum absolute atomic E-state index is 13.6. The molecule has 0 bridgehead atoms. The fraction of sp³-hybridized carbons (Fsp3) is 0.200. The first-order valence-corrected chi connectivity index (χ1v) is 6.70. The molecule has 20 heavy (non-hydrogen) atoms. The van der Waals surface area contributed by atoms with Crippen molar-refractivity contribution in [1.82, 2.24) is 0 Å². The van der Waals surface area contributed by atoms with Gasteiger partial charge in [-0.3, -0.25) is 0 Å². The van der Waals surface area contributed by atoms with Crippen LogP contribution in [0.4, 0.5) is 8.78 Å². The minimum Gasteiger partial charge on any atom is -0.496 e. The number of rotatable bonds is 3. The average Bonchev–Trinajstić information content (AvgIpc) is 2.43. The topological polar surface area (TPSA) is 29.5 Å². The van der Waals surface area contributed by atoms with Gasteiger partial charge in [0.1, 0.15) is 23.5 Å². The van der Waals surface area contributed by atoms with E-state index >= 15 is 0 Å². The normalized spacial score (nSPS) is 12.3. The molecular formula is C15H13BrF2O2. The van der Waals surface area contributed by atoms with Gasteiger partial charge in [-0.2, -0.15) is 0 Å². The predicted molar refractivity (Wildman–Crippen MR) is 75.9 cm³/mol. The first-order valence-electron chi connectivity index (χ1n) is 5.91. The van der Waals surface area contributed by atoms with Crippen molar-refractivity contribution in [3.05, 3.63) is 63.1 Å². The average molecular weight is 343 g/mol. The zero-order valence-electron chi connectivity index (χ0n) is 11.0. The molecule has 0 aliphatic heterocycles. The summed E-state index contributed by atoms with van der Waals surface area (Å²) in [5.74, 6) is -0.686. The van der Waals surface area contributed by atoms with Crippen LogP contribution in [0.1, 0.15) is 22.8 Å². The van der Waals surface area contributed by atoms with E-state index in [1.807, 2.05) is 0 Å². The molecule has 0 saturated carbocycles. The molecular weight excluding hydrogens is 330 g/mol. The summed E-state index contributed by atoms with van der Waals surface area (Å²) in [7, 11) is 1.38. The van der Waals surface area contributed by atoms with Crippen LogP contribution >= 0.6 is 15.9 Å². The van der Waals surface area contributed by atoms with Crippen molar-refractivity contribution in [2.45, 2.75) is 13.0 Å². The van der Waals surface area contributed by atoms with Crippen LogP contribution in [0.15, 0.2) is 34.8 Å². The third-order valence-electron chi connectivity index (χ3n) is 3.08. The minimum atomic E-state index is -1.10. The number of aliphatic hydroxyl groups excluding tert-OH is 1. The Bertz CT molecular complexity index is 644. The van der Waals surface area contributed by atoms with Gasteiger partial charge in [0.15, 0.2) is 0 Å². The van der Waals surface area contributed by atoms with Crippen molar-refractivity contribution in [3.8, 4) is 5.75 Å². The van der Waals surface area contributed by atoms with Gasteiger partial charge in [-0.15, -0.1) is 0 Å². The maximum Gasteiger partial charge on any atom is 0.141 e. The standard InChI is InChI=1S/C15H13BrF2O2/c1-8-3-4-9(5-12(8)17)15(19)10-6-11(16)13(18)7-14(10)20-2/h3-7,15,19H,1-2H3. The zero-order valence-corrected chi connectivity index (χ0v) is 12.5. The van der Waals surface area contributed by atoms with Gasteiger partial charge in [0.2, 0.25) is 0 Å². The van der Waals surface area contributed by atoms with Crippen molar-refractivity contribution < 1.29 is 18.6 Å². The third-order valence-corrected chi connectivity index (χ3v) is 3.69. The van der Waals surface area contributed by atoms with E-state index in [0.717, 1.165) is 0 Å². The van der Waals surface area contributed by atoms with E-state index in [0.29, 0.717) is 16.7 Å². The van der Waals surface area contributed by atoms with Gasteiger partial charge in [-0.1, -0.05) is 12.1 Å². The Kier molecular flexibility index (Phi) is 4.40. The quantitative estimate of drug-likeness (QED) is 0.908. The highest BCUT2D eigenvalue weighted by Gasteiger charge is 2.19. The van der Waals surface area contributed by atoms with Crippen LogP contribution in [0, 0.1) is 18.6 Å². The van der Waals surface area contributed by atoms with Crippen molar-refractivity contribution in [3.63, 3.8) is 0 Å². The Morgan fingerprint density at radius 2 is 1.85 bits per heavy atom. The lowest BCUT2D eigenvalue weighted by molar-refractivity contribution is 0.214. The van der Waals surface area contributed by atoms with Crippen molar-refractivity contribution in [2.75, 3.05) is 7.11 Å². The van der Waals surface area contributed by atoms with Crippen molar-refractivity contribution >= 4 is 15.9 Å². The molecule has 0 saturated heterocycles. The second-order valence-electron chi connectivity index (χ2n) is 4.42. The second kappa shape index (κ2) is 5.89. The Balaban J connectivity index is 2.49. The van der Waals surface area contributed by atoms with Crippen molar-refractivity contribution in [2.24, 2.45) is 0 Å². The number of hydrogen-bond donors (Lipinski definition) is 1. The predicted octanol–water partition coefficient (Wildman–Crippen LogP) is 4.13. The molecule has 0 radical (unpaired) electrons. The molecule has 0 spiro atoms.